The zero-order valence-corrected chi connectivity index (χ0v) is 13.2. The molecule has 0 bridgehead atoms. The molecule has 2 aromatic rings. The number of rotatable bonds is 7. The van der Waals surface area contributed by atoms with Crippen LogP contribution in [0, 0.1) is 0 Å². The molecule has 0 fully saturated rings. The van der Waals surface area contributed by atoms with E-state index >= 15 is 0 Å². The first kappa shape index (κ1) is 17.2. The first-order valence-electron chi connectivity index (χ1n) is 7.81. The van der Waals surface area contributed by atoms with Gasteiger partial charge in [-0.1, -0.05) is 60.7 Å². The molecule has 0 aromatic heterocycles. The zero-order chi connectivity index (χ0) is 16.7. The summed E-state index contributed by atoms with van der Waals surface area (Å²) in [5, 5.41) is 23.0. The van der Waals surface area contributed by atoms with E-state index in [0.717, 1.165) is 11.1 Å². The molecule has 0 aliphatic rings. The van der Waals surface area contributed by atoms with Crippen LogP contribution in [0.5, 0.6) is 0 Å². The van der Waals surface area contributed by atoms with E-state index in [1.165, 1.54) is 0 Å². The van der Waals surface area contributed by atoms with Crippen LogP contribution in [0.4, 0.5) is 0 Å². The summed E-state index contributed by atoms with van der Waals surface area (Å²) in [6, 6.07) is 18.3. The first-order valence-corrected chi connectivity index (χ1v) is 7.81. The number of hydrogen-bond acceptors (Lipinski definition) is 3. The van der Waals surface area contributed by atoms with E-state index in [0.29, 0.717) is 6.42 Å². The van der Waals surface area contributed by atoms with Gasteiger partial charge in [-0.3, -0.25) is 4.79 Å². The van der Waals surface area contributed by atoms with Crippen molar-refractivity contribution in [1.29, 1.82) is 0 Å². The summed E-state index contributed by atoms with van der Waals surface area (Å²) in [6.45, 7) is 1.85. The summed E-state index contributed by atoms with van der Waals surface area (Å²) in [5.41, 5.74) is 1.55. The van der Waals surface area contributed by atoms with Crippen molar-refractivity contribution in [2.75, 3.05) is 0 Å². The van der Waals surface area contributed by atoms with Crippen LogP contribution in [0.2, 0.25) is 0 Å². The van der Waals surface area contributed by atoms with Gasteiger partial charge in [0, 0.05) is 6.04 Å². The van der Waals surface area contributed by atoms with E-state index in [1.54, 1.807) is 12.1 Å². The van der Waals surface area contributed by atoms with Crippen molar-refractivity contribution in [3.8, 4) is 0 Å². The molecule has 0 heterocycles. The number of aliphatic hydroxyl groups is 2. The number of carbonyl (C=O) groups is 1. The lowest BCUT2D eigenvalue weighted by Crippen LogP contribution is -2.34. The Hall–Kier alpha value is -2.17. The van der Waals surface area contributed by atoms with Gasteiger partial charge in [0.05, 0.1) is 18.6 Å². The van der Waals surface area contributed by atoms with Crippen LogP contribution in [0.15, 0.2) is 60.7 Å². The van der Waals surface area contributed by atoms with Crippen molar-refractivity contribution < 1.29 is 15.0 Å². The maximum Gasteiger partial charge on any atom is 0.223 e. The minimum Gasteiger partial charge on any atom is -0.388 e. The number of aliphatic hydroxyl groups excluding tert-OH is 2. The molecule has 3 N–H and O–H groups in total. The third-order valence-electron chi connectivity index (χ3n) is 3.73. The number of nitrogens with one attached hydrogen (secondary N) is 1. The molecule has 3 atom stereocenters. The molecule has 2 rings (SSSR count). The maximum absolute atomic E-state index is 12.0. The summed E-state index contributed by atoms with van der Waals surface area (Å²) in [5.74, 6) is -0.228. The average molecular weight is 313 g/mol. The van der Waals surface area contributed by atoms with E-state index in [9.17, 15) is 15.0 Å². The van der Waals surface area contributed by atoms with Crippen LogP contribution in [-0.4, -0.2) is 22.2 Å². The van der Waals surface area contributed by atoms with Crippen molar-refractivity contribution in [2.45, 2.75) is 38.0 Å². The molecule has 4 heteroatoms. The molecule has 4 nitrogen and oxygen atoms in total. The Bertz CT molecular complexity index is 601. The molecular formula is C19H23NO3. The maximum atomic E-state index is 12.0. The Morgan fingerprint density at radius 1 is 0.913 bits per heavy atom. The fraction of sp³-hybridized carbons (Fsp3) is 0.316. The average Bonchev–Trinajstić information content (AvgIpc) is 2.56. The Balaban J connectivity index is 1.80. The molecule has 3 unspecified atom stereocenters. The van der Waals surface area contributed by atoms with E-state index in [4.69, 9.17) is 0 Å². The molecule has 23 heavy (non-hydrogen) atoms. The molecule has 0 radical (unpaired) electrons. The number of hydrogen-bond donors (Lipinski definition) is 3. The van der Waals surface area contributed by atoms with Gasteiger partial charge in [0.1, 0.15) is 0 Å². The summed E-state index contributed by atoms with van der Waals surface area (Å²) in [4.78, 5) is 12.0. The molecular weight excluding hydrogens is 290 g/mol. The van der Waals surface area contributed by atoms with Crippen LogP contribution < -0.4 is 5.32 Å². The standard InChI is InChI=1S/C19H23NO3/c1-14(12-17(21)15-8-4-2-5-9-15)20-19(23)13-18(22)16-10-6-3-7-11-16/h2-11,14,17-18,21-22H,12-13H2,1H3,(H,20,23). The van der Waals surface area contributed by atoms with E-state index in [2.05, 4.69) is 5.32 Å². The minimum absolute atomic E-state index is 0.00971. The van der Waals surface area contributed by atoms with Crippen LogP contribution in [0.25, 0.3) is 0 Å². The highest BCUT2D eigenvalue weighted by Crippen LogP contribution is 2.19. The van der Waals surface area contributed by atoms with Crippen LogP contribution in [0.1, 0.15) is 43.1 Å². The van der Waals surface area contributed by atoms with Crippen molar-refractivity contribution in [1.82, 2.24) is 5.32 Å². The second kappa shape index (κ2) is 8.46. The molecule has 0 aliphatic carbocycles. The normalized spacial score (nSPS) is 14.7. The predicted molar refractivity (Wildman–Crippen MR) is 89.6 cm³/mol. The fourth-order valence-electron chi connectivity index (χ4n) is 2.51. The number of carbonyl (C=O) groups excluding carboxylic acids is 1. The van der Waals surface area contributed by atoms with Gasteiger partial charge in [-0.2, -0.15) is 0 Å². The summed E-state index contributed by atoms with van der Waals surface area (Å²) in [7, 11) is 0. The highest BCUT2D eigenvalue weighted by atomic mass is 16.3. The van der Waals surface area contributed by atoms with Gasteiger partial charge in [0.15, 0.2) is 0 Å². The second-order valence-electron chi connectivity index (χ2n) is 5.76. The number of amides is 1. The molecule has 0 spiro atoms. The first-order chi connectivity index (χ1) is 11.1. The highest BCUT2D eigenvalue weighted by Gasteiger charge is 2.17. The van der Waals surface area contributed by atoms with Gasteiger partial charge in [-0.05, 0) is 24.5 Å². The fourth-order valence-corrected chi connectivity index (χ4v) is 2.51. The lowest BCUT2D eigenvalue weighted by atomic mass is 10.0. The second-order valence-corrected chi connectivity index (χ2v) is 5.76. The van der Waals surface area contributed by atoms with E-state index in [-0.39, 0.29) is 18.4 Å². The largest absolute Gasteiger partial charge is 0.388 e. The van der Waals surface area contributed by atoms with E-state index < -0.39 is 12.2 Å². The van der Waals surface area contributed by atoms with E-state index in [1.807, 2.05) is 55.5 Å². The minimum atomic E-state index is -0.817. The summed E-state index contributed by atoms with van der Waals surface area (Å²) >= 11 is 0. The summed E-state index contributed by atoms with van der Waals surface area (Å²) in [6.07, 6.45) is -1.000. The quantitative estimate of drug-likeness (QED) is 0.736. The Morgan fingerprint density at radius 2 is 1.39 bits per heavy atom. The van der Waals surface area contributed by atoms with Gasteiger partial charge in [0.25, 0.3) is 0 Å². The lowest BCUT2D eigenvalue weighted by molar-refractivity contribution is -0.123. The van der Waals surface area contributed by atoms with Crippen LogP contribution in [-0.2, 0) is 4.79 Å². The third kappa shape index (κ3) is 5.51. The zero-order valence-electron chi connectivity index (χ0n) is 13.2. The molecule has 2 aromatic carbocycles. The molecule has 0 aliphatic heterocycles. The van der Waals surface area contributed by atoms with Gasteiger partial charge in [-0.25, -0.2) is 0 Å². The molecule has 122 valence electrons. The molecule has 1 amide bonds. The van der Waals surface area contributed by atoms with Gasteiger partial charge >= 0.3 is 0 Å². The Kier molecular flexibility index (Phi) is 6.32. The van der Waals surface area contributed by atoms with Crippen molar-refractivity contribution in [3.63, 3.8) is 0 Å². The third-order valence-corrected chi connectivity index (χ3v) is 3.73. The monoisotopic (exact) mass is 313 g/mol. The smallest absolute Gasteiger partial charge is 0.223 e. The summed E-state index contributed by atoms with van der Waals surface area (Å²) < 4.78 is 0. The Labute approximate surface area is 136 Å². The topological polar surface area (TPSA) is 69.6 Å². The van der Waals surface area contributed by atoms with Gasteiger partial charge in [-0.15, -0.1) is 0 Å². The van der Waals surface area contributed by atoms with Crippen LogP contribution in [0.3, 0.4) is 0 Å². The lowest BCUT2D eigenvalue weighted by Gasteiger charge is -2.19. The van der Waals surface area contributed by atoms with Crippen molar-refractivity contribution in [3.05, 3.63) is 71.8 Å². The van der Waals surface area contributed by atoms with Crippen LogP contribution >= 0.6 is 0 Å². The van der Waals surface area contributed by atoms with Gasteiger partial charge < -0.3 is 15.5 Å². The predicted octanol–water partition coefficient (Wildman–Crippen LogP) is 2.74. The van der Waals surface area contributed by atoms with Gasteiger partial charge in [0.2, 0.25) is 5.91 Å². The SMILES string of the molecule is CC(CC(O)c1ccccc1)NC(=O)CC(O)c1ccccc1. The molecule has 0 saturated heterocycles. The highest BCUT2D eigenvalue weighted by molar-refractivity contribution is 5.76. The van der Waals surface area contributed by atoms with Crippen molar-refractivity contribution >= 4 is 5.91 Å². The number of benzene rings is 2. The Morgan fingerprint density at radius 3 is 1.91 bits per heavy atom. The molecule has 0 saturated carbocycles. The van der Waals surface area contributed by atoms with Crippen molar-refractivity contribution in [2.24, 2.45) is 0 Å².